The van der Waals surface area contributed by atoms with E-state index in [4.69, 9.17) is 0 Å². The molecule has 5 rings (SSSR count). The number of carbonyl (C=O) groups excluding carboxylic acids is 2. The van der Waals surface area contributed by atoms with Gasteiger partial charge in [0.05, 0.1) is 22.2 Å². The van der Waals surface area contributed by atoms with Crippen molar-refractivity contribution in [2.75, 3.05) is 0 Å². The van der Waals surface area contributed by atoms with Crippen molar-refractivity contribution in [2.45, 2.75) is 12.6 Å². The van der Waals surface area contributed by atoms with E-state index in [9.17, 15) is 19.5 Å². The van der Waals surface area contributed by atoms with Crippen LogP contribution in [0.15, 0.2) is 69.6 Å². The van der Waals surface area contributed by atoms with Crippen LogP contribution in [0.25, 0.3) is 21.8 Å². The number of hydrogen-bond acceptors (Lipinski definition) is 3. The molecule has 6 nitrogen and oxygen atoms in total. The summed E-state index contributed by atoms with van der Waals surface area (Å²) in [5.74, 6) is -2.59. The molecule has 0 saturated carbocycles. The third kappa shape index (κ3) is 2.64. The normalized spacial score (nSPS) is 15.5. The molecule has 1 aliphatic heterocycles. The Kier molecular flexibility index (Phi) is 4.36. The lowest BCUT2D eigenvalue weighted by Crippen LogP contribution is -2.56. The van der Waals surface area contributed by atoms with E-state index in [1.54, 1.807) is 28.8 Å². The molecule has 1 aliphatic rings. The molecule has 1 atom stereocenters. The number of amides is 2. The summed E-state index contributed by atoms with van der Waals surface area (Å²) in [7, 11) is 0. The number of halogens is 2. The Morgan fingerprint density at radius 2 is 1.29 bits per heavy atom. The van der Waals surface area contributed by atoms with Gasteiger partial charge < -0.3 is 9.67 Å². The van der Waals surface area contributed by atoms with Crippen LogP contribution < -0.4 is 0 Å². The van der Waals surface area contributed by atoms with E-state index in [1.165, 1.54) is 19.1 Å². The fourth-order valence-corrected chi connectivity index (χ4v) is 5.01. The van der Waals surface area contributed by atoms with Crippen LogP contribution in [0.2, 0.25) is 0 Å². The highest BCUT2D eigenvalue weighted by Gasteiger charge is 2.53. The molecule has 31 heavy (non-hydrogen) atoms. The van der Waals surface area contributed by atoms with E-state index < -0.39 is 23.4 Å². The highest BCUT2D eigenvalue weighted by molar-refractivity contribution is 9.10. The summed E-state index contributed by atoms with van der Waals surface area (Å²) in [5.41, 5.74) is -0.437. The summed E-state index contributed by atoms with van der Waals surface area (Å²) in [6, 6.07) is 17.5. The van der Waals surface area contributed by atoms with Crippen molar-refractivity contribution >= 4 is 71.4 Å². The van der Waals surface area contributed by atoms with E-state index in [1.807, 2.05) is 24.3 Å². The Labute approximate surface area is 193 Å². The number of imide groups is 1. The number of aliphatic carboxylic acids is 1. The van der Waals surface area contributed by atoms with Crippen LogP contribution >= 0.6 is 31.9 Å². The lowest BCUT2D eigenvalue weighted by Gasteiger charge is -2.36. The molecular weight excluding hydrogens is 528 g/mol. The molecule has 1 N–H and O–H groups in total. The predicted molar refractivity (Wildman–Crippen MR) is 123 cm³/mol. The molecule has 2 heterocycles. The van der Waals surface area contributed by atoms with E-state index in [2.05, 4.69) is 31.9 Å². The van der Waals surface area contributed by atoms with Gasteiger partial charge in [-0.15, -0.1) is 0 Å². The summed E-state index contributed by atoms with van der Waals surface area (Å²) in [5, 5.41) is 12.1. The maximum absolute atomic E-state index is 13.3. The van der Waals surface area contributed by atoms with Crippen molar-refractivity contribution in [2.24, 2.45) is 0 Å². The minimum atomic E-state index is -2.01. The third-order valence-corrected chi connectivity index (χ3v) is 6.75. The first-order valence-corrected chi connectivity index (χ1v) is 10.9. The second-order valence-corrected chi connectivity index (χ2v) is 9.31. The summed E-state index contributed by atoms with van der Waals surface area (Å²) in [6.45, 7) is 1.39. The molecule has 0 aliphatic carbocycles. The fraction of sp³-hybridized carbons (Fsp3) is 0.0870. The minimum Gasteiger partial charge on any atom is -0.478 e. The number of fused-ring (bicyclic) bond motifs is 4. The Hall–Kier alpha value is -2.97. The van der Waals surface area contributed by atoms with Gasteiger partial charge in [0.1, 0.15) is 0 Å². The zero-order chi connectivity index (χ0) is 22.1. The number of carboxylic acid groups (broad SMARTS) is 1. The molecule has 1 unspecified atom stereocenters. The predicted octanol–water partition coefficient (Wildman–Crippen LogP) is 5.37. The number of rotatable bonds is 3. The average Bonchev–Trinajstić information content (AvgIpc) is 3.19. The lowest BCUT2D eigenvalue weighted by molar-refractivity contribution is -0.152. The van der Waals surface area contributed by atoms with Crippen LogP contribution in [0.3, 0.4) is 0 Å². The molecule has 2 amide bonds. The first-order chi connectivity index (χ1) is 14.7. The van der Waals surface area contributed by atoms with Gasteiger partial charge in [-0.05, 0) is 43.3 Å². The average molecular weight is 542 g/mol. The number of aromatic nitrogens is 1. The van der Waals surface area contributed by atoms with Crippen molar-refractivity contribution in [1.29, 1.82) is 0 Å². The monoisotopic (exact) mass is 540 g/mol. The summed E-state index contributed by atoms with van der Waals surface area (Å²) >= 11 is 6.91. The van der Waals surface area contributed by atoms with Gasteiger partial charge in [0.25, 0.3) is 11.8 Å². The van der Waals surface area contributed by atoms with Crippen molar-refractivity contribution in [3.8, 4) is 0 Å². The highest BCUT2D eigenvalue weighted by Crippen LogP contribution is 2.41. The Morgan fingerprint density at radius 1 is 0.839 bits per heavy atom. The summed E-state index contributed by atoms with van der Waals surface area (Å²) < 4.78 is 3.05. The molecule has 154 valence electrons. The van der Waals surface area contributed by atoms with Gasteiger partial charge in [-0.3, -0.25) is 9.59 Å². The number of nitrogens with zero attached hydrogens (tertiary/aromatic N) is 2. The van der Waals surface area contributed by atoms with Crippen molar-refractivity contribution in [3.05, 3.63) is 80.7 Å². The van der Waals surface area contributed by atoms with Crippen molar-refractivity contribution in [3.63, 3.8) is 0 Å². The zero-order valence-electron chi connectivity index (χ0n) is 16.1. The maximum atomic E-state index is 13.3. The van der Waals surface area contributed by atoms with Gasteiger partial charge in [0.15, 0.2) is 0 Å². The summed E-state index contributed by atoms with van der Waals surface area (Å²) in [4.78, 5) is 40.2. The second kappa shape index (κ2) is 6.77. The molecular formula is C23H14Br2N2O4. The topological polar surface area (TPSA) is 79.6 Å². The molecule has 0 fully saturated rings. The molecule has 8 heteroatoms. The molecule has 0 saturated heterocycles. The van der Waals surface area contributed by atoms with Crippen LogP contribution in [-0.4, -0.2) is 32.4 Å². The Bertz CT molecular complexity index is 1360. The molecule has 3 aromatic carbocycles. The quantitative estimate of drug-likeness (QED) is 0.353. The van der Waals surface area contributed by atoms with E-state index in [0.717, 1.165) is 24.6 Å². The van der Waals surface area contributed by atoms with Gasteiger partial charge in [0.2, 0.25) is 5.66 Å². The molecule has 0 spiro atoms. The van der Waals surface area contributed by atoms with E-state index in [0.29, 0.717) is 11.0 Å². The van der Waals surface area contributed by atoms with Crippen LogP contribution in [0, 0.1) is 0 Å². The van der Waals surface area contributed by atoms with Gasteiger partial charge in [-0.25, -0.2) is 9.69 Å². The molecule has 0 bridgehead atoms. The van der Waals surface area contributed by atoms with Crippen molar-refractivity contribution < 1.29 is 19.5 Å². The fourth-order valence-electron chi connectivity index (χ4n) is 4.31. The molecule has 0 radical (unpaired) electrons. The van der Waals surface area contributed by atoms with Crippen LogP contribution in [-0.2, 0) is 10.5 Å². The molecule has 1 aromatic heterocycles. The summed E-state index contributed by atoms with van der Waals surface area (Å²) in [6.07, 6.45) is 0. The number of carbonyl (C=O) groups is 3. The number of benzene rings is 3. The largest absolute Gasteiger partial charge is 0.478 e. The minimum absolute atomic E-state index is 0.197. The molecule has 4 aromatic rings. The maximum Gasteiger partial charge on any atom is 0.351 e. The smallest absolute Gasteiger partial charge is 0.351 e. The van der Waals surface area contributed by atoms with Gasteiger partial charge in [-0.2, -0.15) is 0 Å². The Balaban J connectivity index is 1.90. The first kappa shape index (κ1) is 20.0. The second-order valence-electron chi connectivity index (χ2n) is 7.48. The van der Waals surface area contributed by atoms with E-state index in [-0.39, 0.29) is 11.1 Å². The Morgan fingerprint density at radius 3 is 1.71 bits per heavy atom. The van der Waals surface area contributed by atoms with Crippen LogP contribution in [0.5, 0.6) is 0 Å². The van der Waals surface area contributed by atoms with E-state index >= 15 is 0 Å². The van der Waals surface area contributed by atoms with Crippen molar-refractivity contribution in [1.82, 2.24) is 9.47 Å². The number of hydrogen-bond donors (Lipinski definition) is 1. The SMILES string of the molecule is CC(C(=O)O)(N1C(=O)c2ccccc2C1=O)n1c2cc(Br)ccc2c2ccc(Br)cc21. The van der Waals surface area contributed by atoms with Crippen LogP contribution in [0.4, 0.5) is 0 Å². The van der Waals surface area contributed by atoms with Gasteiger partial charge in [-0.1, -0.05) is 56.1 Å². The first-order valence-electron chi connectivity index (χ1n) is 9.36. The number of carboxylic acids is 1. The standard InChI is InChI=1S/C23H14Br2N2O4/c1-23(22(30)31,27-20(28)16-4-2-3-5-17(16)21(27)29)26-18-10-12(24)6-8-14(18)15-9-7-13(25)11-19(15)26/h2-11H,1H3,(H,30,31). The van der Waals surface area contributed by atoms with Gasteiger partial charge in [0, 0.05) is 19.7 Å². The van der Waals surface area contributed by atoms with Crippen LogP contribution in [0.1, 0.15) is 27.6 Å². The highest BCUT2D eigenvalue weighted by atomic mass is 79.9. The third-order valence-electron chi connectivity index (χ3n) is 5.76. The lowest BCUT2D eigenvalue weighted by atomic mass is 10.1. The van der Waals surface area contributed by atoms with Gasteiger partial charge >= 0.3 is 5.97 Å². The zero-order valence-corrected chi connectivity index (χ0v) is 19.3.